The number of piperidine rings is 1. The van der Waals surface area contributed by atoms with Crippen molar-refractivity contribution >= 4 is 16.2 Å². The molecule has 0 unspecified atom stereocenters. The molecular formula is C16H26N4O4S. The first-order chi connectivity index (χ1) is 11.9. The largest absolute Gasteiger partial charge is 0.481 e. The smallest absolute Gasteiger partial charge is 0.303 e. The van der Waals surface area contributed by atoms with Gasteiger partial charge in [0.2, 0.25) is 0 Å². The lowest BCUT2D eigenvalue weighted by Gasteiger charge is -2.33. The van der Waals surface area contributed by atoms with Crippen LogP contribution in [-0.2, 0) is 34.5 Å². The molecule has 2 aliphatic heterocycles. The molecule has 1 aromatic rings. The fourth-order valence-electron chi connectivity index (χ4n) is 3.43. The van der Waals surface area contributed by atoms with Gasteiger partial charge in [-0.05, 0) is 31.2 Å². The lowest BCUT2D eigenvalue weighted by molar-refractivity contribution is -0.136. The van der Waals surface area contributed by atoms with Gasteiger partial charge in [-0.25, -0.2) is 0 Å². The molecule has 8 nitrogen and oxygen atoms in total. The molecule has 0 saturated carbocycles. The van der Waals surface area contributed by atoms with Crippen LogP contribution >= 0.6 is 0 Å². The molecule has 0 aliphatic carbocycles. The maximum atomic E-state index is 13.0. The zero-order chi connectivity index (χ0) is 18.0. The van der Waals surface area contributed by atoms with Gasteiger partial charge in [0.05, 0.1) is 24.4 Å². The molecule has 0 atom stereocenters. The number of carbonyl (C=O) groups is 1. The standard InChI is InChI=1S/C16H26N4O4S/c1-13-5-9-18(10-6-13)25(23,24)19-7-2-8-20-15(12-19)11-14(17-20)3-4-16(21)22/h11,13H,2-10,12H2,1H3,(H,21,22). The van der Waals surface area contributed by atoms with E-state index in [1.165, 1.54) is 0 Å². The maximum Gasteiger partial charge on any atom is 0.303 e. The van der Waals surface area contributed by atoms with Gasteiger partial charge in [-0.1, -0.05) is 6.92 Å². The van der Waals surface area contributed by atoms with E-state index in [1.54, 1.807) is 8.61 Å². The number of aromatic nitrogens is 2. The monoisotopic (exact) mass is 370 g/mol. The first-order valence-electron chi connectivity index (χ1n) is 8.89. The summed E-state index contributed by atoms with van der Waals surface area (Å²) in [5, 5.41) is 13.2. The fourth-order valence-corrected chi connectivity index (χ4v) is 5.08. The Balaban J connectivity index is 1.73. The fraction of sp³-hybridized carbons (Fsp3) is 0.750. The highest BCUT2D eigenvalue weighted by Crippen LogP contribution is 2.24. The van der Waals surface area contributed by atoms with E-state index in [0.29, 0.717) is 57.2 Å². The van der Waals surface area contributed by atoms with E-state index in [-0.39, 0.29) is 6.42 Å². The predicted octanol–water partition coefficient (Wildman–Crippen LogP) is 1.08. The Labute approximate surface area is 148 Å². The van der Waals surface area contributed by atoms with Crippen LogP contribution in [0, 0.1) is 5.92 Å². The summed E-state index contributed by atoms with van der Waals surface area (Å²) >= 11 is 0. The van der Waals surface area contributed by atoms with Crippen molar-refractivity contribution in [1.82, 2.24) is 18.4 Å². The molecule has 1 fully saturated rings. The Bertz CT molecular complexity index is 722. The molecule has 25 heavy (non-hydrogen) atoms. The molecule has 1 aromatic heterocycles. The Morgan fingerprint density at radius 1 is 1.24 bits per heavy atom. The number of aryl methyl sites for hydroxylation is 2. The van der Waals surface area contributed by atoms with Gasteiger partial charge in [0.1, 0.15) is 0 Å². The highest BCUT2D eigenvalue weighted by atomic mass is 32.2. The minimum Gasteiger partial charge on any atom is -0.481 e. The Morgan fingerprint density at radius 2 is 1.96 bits per heavy atom. The Kier molecular flexibility index (Phi) is 5.45. The molecule has 0 radical (unpaired) electrons. The summed E-state index contributed by atoms with van der Waals surface area (Å²) in [6.45, 7) is 4.78. The summed E-state index contributed by atoms with van der Waals surface area (Å²) in [5.74, 6) is -0.277. The first-order valence-corrected chi connectivity index (χ1v) is 10.3. The molecule has 0 bridgehead atoms. The molecule has 9 heteroatoms. The third-order valence-corrected chi connectivity index (χ3v) is 7.00. The van der Waals surface area contributed by atoms with E-state index in [0.717, 1.165) is 18.5 Å². The second-order valence-corrected chi connectivity index (χ2v) is 8.95. The zero-order valence-electron chi connectivity index (χ0n) is 14.6. The maximum absolute atomic E-state index is 13.0. The molecule has 3 rings (SSSR count). The van der Waals surface area contributed by atoms with Crippen LogP contribution in [0.2, 0.25) is 0 Å². The third kappa shape index (κ3) is 4.21. The Morgan fingerprint density at radius 3 is 2.64 bits per heavy atom. The molecule has 2 aliphatic rings. The lowest BCUT2D eigenvalue weighted by Crippen LogP contribution is -2.46. The van der Waals surface area contributed by atoms with E-state index >= 15 is 0 Å². The van der Waals surface area contributed by atoms with Gasteiger partial charge < -0.3 is 5.11 Å². The van der Waals surface area contributed by atoms with Gasteiger partial charge in [-0.15, -0.1) is 0 Å². The molecule has 0 spiro atoms. The van der Waals surface area contributed by atoms with Crippen LogP contribution in [-0.4, -0.2) is 57.5 Å². The highest BCUT2D eigenvalue weighted by molar-refractivity contribution is 7.86. The molecule has 0 aromatic carbocycles. The number of hydrogen-bond donors (Lipinski definition) is 1. The summed E-state index contributed by atoms with van der Waals surface area (Å²) in [5.41, 5.74) is 1.55. The van der Waals surface area contributed by atoms with Crippen LogP contribution in [0.3, 0.4) is 0 Å². The van der Waals surface area contributed by atoms with Crippen LogP contribution in [0.25, 0.3) is 0 Å². The van der Waals surface area contributed by atoms with Crippen molar-refractivity contribution in [2.45, 2.75) is 52.1 Å². The summed E-state index contributed by atoms with van der Waals surface area (Å²) < 4.78 is 30.9. The van der Waals surface area contributed by atoms with E-state index in [2.05, 4.69) is 12.0 Å². The van der Waals surface area contributed by atoms with Crippen LogP contribution < -0.4 is 0 Å². The van der Waals surface area contributed by atoms with Crippen molar-refractivity contribution in [1.29, 1.82) is 0 Å². The van der Waals surface area contributed by atoms with Gasteiger partial charge in [-0.3, -0.25) is 9.48 Å². The lowest BCUT2D eigenvalue weighted by atomic mass is 10.0. The van der Waals surface area contributed by atoms with Crippen LogP contribution in [0.15, 0.2) is 6.07 Å². The van der Waals surface area contributed by atoms with Gasteiger partial charge in [0, 0.05) is 32.6 Å². The Hall–Kier alpha value is -1.45. The number of carboxylic acids is 1. The second-order valence-electron chi connectivity index (χ2n) is 7.02. The molecule has 0 amide bonds. The number of aliphatic carboxylic acids is 1. The van der Waals surface area contributed by atoms with Gasteiger partial charge in [-0.2, -0.15) is 22.1 Å². The molecular weight excluding hydrogens is 344 g/mol. The van der Waals surface area contributed by atoms with Crippen molar-refractivity contribution in [3.8, 4) is 0 Å². The van der Waals surface area contributed by atoms with Crippen molar-refractivity contribution in [2.75, 3.05) is 19.6 Å². The molecule has 3 heterocycles. The average molecular weight is 370 g/mol. The number of nitrogens with zero attached hydrogens (tertiary/aromatic N) is 4. The van der Waals surface area contributed by atoms with E-state index in [9.17, 15) is 13.2 Å². The summed E-state index contributed by atoms with van der Waals surface area (Å²) in [6, 6.07) is 1.84. The number of hydrogen-bond acceptors (Lipinski definition) is 4. The van der Waals surface area contributed by atoms with Gasteiger partial charge >= 0.3 is 5.97 Å². The summed E-state index contributed by atoms with van der Waals surface area (Å²) in [4.78, 5) is 10.7. The predicted molar refractivity (Wildman–Crippen MR) is 92.1 cm³/mol. The number of carboxylic acid groups (broad SMARTS) is 1. The SMILES string of the molecule is CC1CCN(S(=O)(=O)N2CCCn3nc(CCC(=O)O)cc3C2)CC1. The van der Waals surface area contributed by atoms with Crippen molar-refractivity contribution in [3.05, 3.63) is 17.5 Å². The van der Waals surface area contributed by atoms with Crippen LogP contribution in [0.4, 0.5) is 0 Å². The summed E-state index contributed by atoms with van der Waals surface area (Å²) in [6.07, 6.45) is 2.92. The highest BCUT2D eigenvalue weighted by Gasteiger charge is 2.33. The molecule has 140 valence electrons. The van der Waals surface area contributed by atoms with Crippen molar-refractivity contribution in [2.24, 2.45) is 5.92 Å². The van der Waals surface area contributed by atoms with Crippen LogP contribution in [0.5, 0.6) is 0 Å². The summed E-state index contributed by atoms with van der Waals surface area (Å²) in [7, 11) is -3.46. The van der Waals surface area contributed by atoms with Crippen molar-refractivity contribution < 1.29 is 18.3 Å². The molecule has 1 saturated heterocycles. The minimum absolute atomic E-state index is 0.0322. The van der Waals surface area contributed by atoms with Gasteiger partial charge in [0.15, 0.2) is 0 Å². The minimum atomic E-state index is -3.46. The second kappa shape index (κ2) is 7.43. The quantitative estimate of drug-likeness (QED) is 0.837. The topological polar surface area (TPSA) is 95.7 Å². The zero-order valence-corrected chi connectivity index (χ0v) is 15.4. The van der Waals surface area contributed by atoms with Crippen LogP contribution in [0.1, 0.15) is 44.0 Å². The van der Waals surface area contributed by atoms with Crippen molar-refractivity contribution in [3.63, 3.8) is 0 Å². The van der Waals surface area contributed by atoms with Gasteiger partial charge in [0.25, 0.3) is 10.2 Å². The number of rotatable bonds is 5. The number of fused-ring (bicyclic) bond motifs is 1. The normalized spacial score (nSPS) is 21.0. The third-order valence-electron chi connectivity index (χ3n) is 5.02. The van der Waals surface area contributed by atoms with E-state index in [4.69, 9.17) is 5.11 Å². The van der Waals surface area contributed by atoms with E-state index < -0.39 is 16.2 Å². The first kappa shape index (κ1) is 18.3. The molecule has 1 N–H and O–H groups in total. The van der Waals surface area contributed by atoms with E-state index in [1.807, 2.05) is 10.7 Å². The average Bonchev–Trinajstić information content (AvgIpc) is 2.83.